The normalized spacial score (nSPS) is 16.0. The Kier molecular flexibility index (Phi) is 6.08. The molecule has 0 unspecified atom stereocenters. The molecular weight excluding hydrogens is 469 g/mol. The molecule has 1 saturated heterocycles. The van der Waals surface area contributed by atoms with Crippen LogP contribution in [-0.2, 0) is 14.8 Å². The van der Waals surface area contributed by atoms with E-state index in [1.807, 2.05) is 6.07 Å². The van der Waals surface area contributed by atoms with Crippen molar-refractivity contribution < 1.29 is 22.3 Å². The van der Waals surface area contributed by atoms with Gasteiger partial charge in [0.05, 0.1) is 15.5 Å². The summed E-state index contributed by atoms with van der Waals surface area (Å²) in [6.45, 7) is 0.345. The molecule has 1 heterocycles. The molecule has 4 rings (SSSR count). The van der Waals surface area contributed by atoms with Gasteiger partial charge in [0, 0.05) is 24.6 Å². The third-order valence-electron chi connectivity index (χ3n) is 5.33. The number of benzene rings is 3. The predicted octanol–water partition coefficient (Wildman–Crippen LogP) is 4.31. The van der Waals surface area contributed by atoms with E-state index in [9.17, 15) is 22.9 Å². The molecular formula is C23H17ClFN3O4S. The van der Waals surface area contributed by atoms with Crippen LogP contribution in [0.15, 0.2) is 65.6 Å². The highest BCUT2D eigenvalue weighted by Gasteiger charge is 2.32. The maximum Gasteiger partial charge on any atom is 0.238 e. The van der Waals surface area contributed by atoms with Crippen molar-refractivity contribution in [3.05, 3.63) is 82.6 Å². The van der Waals surface area contributed by atoms with Gasteiger partial charge in [0.25, 0.3) is 0 Å². The van der Waals surface area contributed by atoms with Crippen LogP contribution in [0.3, 0.4) is 0 Å². The summed E-state index contributed by atoms with van der Waals surface area (Å²) < 4.78 is 42.8. The summed E-state index contributed by atoms with van der Waals surface area (Å²) in [5, 5.41) is 14.6. The smallest absolute Gasteiger partial charge is 0.238 e. The number of nitriles is 1. The van der Waals surface area contributed by atoms with Crippen molar-refractivity contribution >= 4 is 33.2 Å². The van der Waals surface area contributed by atoms with Gasteiger partial charge >= 0.3 is 0 Å². The highest BCUT2D eigenvalue weighted by Crippen LogP contribution is 2.38. The lowest BCUT2D eigenvalue weighted by atomic mass is 9.98. The van der Waals surface area contributed by atoms with Crippen LogP contribution < -0.4 is 14.8 Å². The number of anilines is 1. The fourth-order valence-electron chi connectivity index (χ4n) is 3.66. The van der Waals surface area contributed by atoms with Gasteiger partial charge in [-0.25, -0.2) is 17.9 Å². The largest absolute Gasteiger partial charge is 0.451 e. The number of nitrogens with zero attached hydrogens (tertiary/aromatic N) is 2. The monoisotopic (exact) mass is 485 g/mol. The highest BCUT2D eigenvalue weighted by molar-refractivity contribution is 7.89. The highest BCUT2D eigenvalue weighted by atomic mass is 35.5. The van der Waals surface area contributed by atoms with Gasteiger partial charge in [-0.15, -0.1) is 0 Å². The lowest BCUT2D eigenvalue weighted by Gasteiger charge is -2.18. The molecule has 2 N–H and O–H groups in total. The van der Waals surface area contributed by atoms with Gasteiger partial charge in [0.2, 0.25) is 15.9 Å². The minimum atomic E-state index is -3.83. The van der Waals surface area contributed by atoms with Crippen LogP contribution in [-0.4, -0.2) is 20.9 Å². The minimum absolute atomic E-state index is 0.0293. The quantitative estimate of drug-likeness (QED) is 0.578. The number of carbonyl (C=O) groups is 1. The molecule has 1 fully saturated rings. The average molecular weight is 486 g/mol. The number of hydrogen-bond acceptors (Lipinski definition) is 5. The first kappa shape index (κ1) is 22.7. The summed E-state index contributed by atoms with van der Waals surface area (Å²) in [6.07, 6.45) is 0.209. The van der Waals surface area contributed by atoms with Gasteiger partial charge in [-0.05, 0) is 54.1 Å². The number of para-hydroxylation sites is 1. The molecule has 1 atom stereocenters. The van der Waals surface area contributed by atoms with Gasteiger partial charge in [-0.1, -0.05) is 23.7 Å². The van der Waals surface area contributed by atoms with Crippen molar-refractivity contribution in [3.8, 4) is 17.6 Å². The molecule has 1 amide bonds. The number of carbonyl (C=O) groups excluding carboxylic acids is 1. The lowest BCUT2D eigenvalue weighted by Crippen LogP contribution is -2.24. The number of sulfonamides is 1. The SMILES string of the molecule is N#Cc1cccc(F)c1Oc1cc([C@H]2CC(=O)N(c3ccc(S(N)(=O)=O)cc3)C2)ccc1Cl. The maximum atomic E-state index is 14.2. The Morgan fingerprint density at radius 2 is 1.88 bits per heavy atom. The van der Waals surface area contributed by atoms with Gasteiger partial charge in [0.15, 0.2) is 11.6 Å². The van der Waals surface area contributed by atoms with Crippen LogP contribution in [0.2, 0.25) is 5.02 Å². The van der Waals surface area contributed by atoms with Gasteiger partial charge < -0.3 is 9.64 Å². The minimum Gasteiger partial charge on any atom is -0.451 e. The topological polar surface area (TPSA) is 113 Å². The summed E-state index contributed by atoms with van der Waals surface area (Å²) in [5.41, 5.74) is 1.33. The standard InChI is InChI=1S/C23H17ClFN3O4S/c24-19-9-4-14(10-21(19)32-23-15(12-26)2-1-3-20(23)25)16-11-22(29)28(13-16)17-5-7-18(8-6-17)33(27,30)31/h1-10,16H,11,13H2,(H2,27,30,31)/t16-/m0/s1. The molecule has 1 aliphatic rings. The number of nitrogens with two attached hydrogens (primary N) is 1. The summed E-state index contributed by atoms with van der Waals surface area (Å²) in [5.74, 6) is -1.09. The Labute approximate surface area is 194 Å². The molecule has 0 aromatic heterocycles. The second-order valence-electron chi connectivity index (χ2n) is 7.46. The van der Waals surface area contributed by atoms with Gasteiger partial charge in [0.1, 0.15) is 11.8 Å². The maximum absolute atomic E-state index is 14.2. The van der Waals surface area contributed by atoms with Gasteiger partial charge in [-0.2, -0.15) is 5.26 Å². The first-order valence-corrected chi connectivity index (χ1v) is 11.7. The molecule has 3 aromatic carbocycles. The average Bonchev–Trinajstić information content (AvgIpc) is 3.17. The van der Waals surface area contributed by atoms with E-state index >= 15 is 0 Å². The van der Waals surface area contributed by atoms with Crippen LogP contribution in [0.4, 0.5) is 10.1 Å². The molecule has 1 aliphatic heterocycles. The zero-order valence-electron chi connectivity index (χ0n) is 17.0. The Bertz CT molecular complexity index is 1390. The van der Waals surface area contributed by atoms with Crippen molar-refractivity contribution in [2.45, 2.75) is 17.2 Å². The Morgan fingerprint density at radius 1 is 1.15 bits per heavy atom. The fourth-order valence-corrected chi connectivity index (χ4v) is 4.33. The molecule has 0 spiro atoms. The molecule has 7 nitrogen and oxygen atoms in total. The molecule has 0 radical (unpaired) electrons. The first-order valence-electron chi connectivity index (χ1n) is 9.76. The Hall–Kier alpha value is -3.45. The molecule has 33 heavy (non-hydrogen) atoms. The zero-order chi connectivity index (χ0) is 23.8. The number of halogens is 2. The Morgan fingerprint density at radius 3 is 2.55 bits per heavy atom. The van der Waals surface area contributed by atoms with E-state index < -0.39 is 15.8 Å². The van der Waals surface area contributed by atoms with Crippen molar-refractivity contribution in [2.24, 2.45) is 5.14 Å². The van der Waals surface area contributed by atoms with Crippen LogP contribution in [0.5, 0.6) is 11.5 Å². The van der Waals surface area contributed by atoms with Crippen molar-refractivity contribution in [2.75, 3.05) is 11.4 Å². The third-order valence-corrected chi connectivity index (χ3v) is 6.57. The summed E-state index contributed by atoms with van der Waals surface area (Å²) in [6, 6.07) is 16.6. The molecule has 0 saturated carbocycles. The summed E-state index contributed by atoms with van der Waals surface area (Å²) in [7, 11) is -3.83. The van der Waals surface area contributed by atoms with E-state index in [0.29, 0.717) is 12.2 Å². The third kappa shape index (κ3) is 4.68. The van der Waals surface area contributed by atoms with Crippen LogP contribution in [0.25, 0.3) is 0 Å². The molecule has 168 valence electrons. The summed E-state index contributed by atoms with van der Waals surface area (Å²) >= 11 is 6.24. The van der Waals surface area contributed by atoms with E-state index in [0.717, 1.165) is 5.56 Å². The van der Waals surface area contributed by atoms with E-state index in [1.54, 1.807) is 23.1 Å². The molecule has 0 aliphatic carbocycles. The number of amides is 1. The van der Waals surface area contributed by atoms with Crippen LogP contribution >= 0.6 is 11.6 Å². The number of hydrogen-bond donors (Lipinski definition) is 1. The van der Waals surface area contributed by atoms with Crippen molar-refractivity contribution in [1.29, 1.82) is 5.26 Å². The number of primary sulfonamides is 1. The van der Waals surface area contributed by atoms with E-state index in [2.05, 4.69) is 0 Å². The van der Waals surface area contributed by atoms with Crippen molar-refractivity contribution in [1.82, 2.24) is 0 Å². The van der Waals surface area contributed by atoms with Crippen LogP contribution in [0.1, 0.15) is 23.5 Å². The second kappa shape index (κ2) is 8.83. The predicted molar refractivity (Wildman–Crippen MR) is 120 cm³/mol. The van der Waals surface area contributed by atoms with Crippen molar-refractivity contribution in [3.63, 3.8) is 0 Å². The molecule has 0 bridgehead atoms. The van der Waals surface area contributed by atoms with E-state index in [1.165, 1.54) is 42.5 Å². The fraction of sp³-hybridized carbons (Fsp3) is 0.130. The van der Waals surface area contributed by atoms with E-state index in [4.69, 9.17) is 21.5 Å². The lowest BCUT2D eigenvalue weighted by molar-refractivity contribution is -0.117. The number of ether oxygens (including phenoxy) is 1. The first-order chi connectivity index (χ1) is 15.7. The second-order valence-corrected chi connectivity index (χ2v) is 9.43. The zero-order valence-corrected chi connectivity index (χ0v) is 18.6. The number of rotatable bonds is 5. The van der Waals surface area contributed by atoms with Gasteiger partial charge in [-0.3, -0.25) is 4.79 Å². The molecule has 10 heteroatoms. The van der Waals surface area contributed by atoms with Crippen LogP contribution in [0, 0.1) is 17.1 Å². The Balaban J connectivity index is 1.59. The summed E-state index contributed by atoms with van der Waals surface area (Å²) in [4.78, 5) is 14.2. The molecule has 3 aromatic rings. The van der Waals surface area contributed by atoms with E-state index in [-0.39, 0.29) is 45.2 Å².